The van der Waals surface area contributed by atoms with Gasteiger partial charge in [0.1, 0.15) is 5.82 Å². The highest BCUT2D eigenvalue weighted by Crippen LogP contribution is 2.31. The molecule has 4 aromatic rings. The SMILES string of the molecule is CCCCCn1c(-c2ccccc2)nc(-c2ccccc2)c1CN(CCCC)Cc1ccc(C)cc1. The number of aromatic nitrogens is 2. The van der Waals surface area contributed by atoms with E-state index in [0.29, 0.717) is 0 Å². The summed E-state index contributed by atoms with van der Waals surface area (Å²) in [4.78, 5) is 7.93. The fourth-order valence-electron chi connectivity index (χ4n) is 4.80. The van der Waals surface area contributed by atoms with Crippen LogP contribution in [-0.2, 0) is 19.6 Å². The molecule has 3 aromatic carbocycles. The maximum atomic E-state index is 5.32. The first-order valence-corrected chi connectivity index (χ1v) is 13.7. The second kappa shape index (κ2) is 13.2. The molecule has 0 saturated carbocycles. The van der Waals surface area contributed by atoms with Crippen molar-refractivity contribution in [1.82, 2.24) is 14.5 Å². The Balaban J connectivity index is 1.78. The summed E-state index contributed by atoms with van der Waals surface area (Å²) in [5, 5.41) is 0. The zero-order chi connectivity index (χ0) is 25.2. The van der Waals surface area contributed by atoms with E-state index in [-0.39, 0.29) is 0 Å². The monoisotopic (exact) mass is 479 g/mol. The Morgan fingerprint density at radius 1 is 0.694 bits per heavy atom. The average molecular weight is 480 g/mol. The zero-order valence-electron chi connectivity index (χ0n) is 22.3. The first kappa shape index (κ1) is 25.9. The van der Waals surface area contributed by atoms with E-state index in [1.165, 1.54) is 60.1 Å². The lowest BCUT2D eigenvalue weighted by Gasteiger charge is -2.24. The maximum Gasteiger partial charge on any atom is 0.140 e. The highest BCUT2D eigenvalue weighted by atomic mass is 15.2. The molecule has 0 amide bonds. The van der Waals surface area contributed by atoms with E-state index in [0.717, 1.165) is 37.7 Å². The molecule has 0 aliphatic rings. The van der Waals surface area contributed by atoms with Gasteiger partial charge in [-0.05, 0) is 31.9 Å². The minimum absolute atomic E-state index is 0.893. The van der Waals surface area contributed by atoms with Crippen LogP contribution in [0.4, 0.5) is 0 Å². The number of benzene rings is 3. The van der Waals surface area contributed by atoms with Gasteiger partial charge in [-0.15, -0.1) is 0 Å². The molecule has 3 nitrogen and oxygen atoms in total. The number of aryl methyl sites for hydroxylation is 1. The molecule has 36 heavy (non-hydrogen) atoms. The molecule has 0 bridgehead atoms. The van der Waals surface area contributed by atoms with Gasteiger partial charge in [-0.2, -0.15) is 0 Å². The van der Waals surface area contributed by atoms with Crippen molar-refractivity contribution in [3.63, 3.8) is 0 Å². The molecule has 3 heteroatoms. The van der Waals surface area contributed by atoms with Crippen molar-refractivity contribution in [3.8, 4) is 22.6 Å². The van der Waals surface area contributed by atoms with Crippen LogP contribution in [0.2, 0.25) is 0 Å². The third-order valence-electron chi connectivity index (χ3n) is 6.87. The Bertz CT molecular complexity index is 1180. The summed E-state index contributed by atoms with van der Waals surface area (Å²) >= 11 is 0. The van der Waals surface area contributed by atoms with Crippen molar-refractivity contribution in [2.75, 3.05) is 6.54 Å². The molecule has 4 rings (SSSR count). The van der Waals surface area contributed by atoms with Crippen molar-refractivity contribution < 1.29 is 0 Å². The molecule has 0 atom stereocenters. The molecule has 1 heterocycles. The van der Waals surface area contributed by atoms with Crippen LogP contribution in [0.5, 0.6) is 0 Å². The molecular weight excluding hydrogens is 438 g/mol. The Kier molecular flexibility index (Phi) is 9.52. The van der Waals surface area contributed by atoms with Gasteiger partial charge in [-0.3, -0.25) is 4.90 Å². The molecule has 0 aliphatic carbocycles. The normalized spacial score (nSPS) is 11.3. The molecular formula is C33H41N3. The number of nitrogens with zero attached hydrogens (tertiary/aromatic N) is 3. The van der Waals surface area contributed by atoms with Crippen LogP contribution in [0.1, 0.15) is 62.8 Å². The van der Waals surface area contributed by atoms with Gasteiger partial charge >= 0.3 is 0 Å². The van der Waals surface area contributed by atoms with Crippen molar-refractivity contribution >= 4 is 0 Å². The van der Waals surface area contributed by atoms with Gasteiger partial charge < -0.3 is 4.57 Å². The minimum atomic E-state index is 0.893. The van der Waals surface area contributed by atoms with Gasteiger partial charge in [0.15, 0.2) is 0 Å². The Labute approximate surface area is 217 Å². The quantitative estimate of drug-likeness (QED) is 0.179. The van der Waals surface area contributed by atoms with Crippen molar-refractivity contribution in [2.45, 2.75) is 72.5 Å². The summed E-state index contributed by atoms with van der Waals surface area (Å²) in [5.74, 6) is 1.09. The highest BCUT2D eigenvalue weighted by Gasteiger charge is 2.21. The smallest absolute Gasteiger partial charge is 0.140 e. The van der Waals surface area contributed by atoms with E-state index in [2.05, 4.69) is 115 Å². The van der Waals surface area contributed by atoms with E-state index in [9.17, 15) is 0 Å². The molecule has 0 unspecified atom stereocenters. The van der Waals surface area contributed by atoms with Gasteiger partial charge in [0, 0.05) is 30.8 Å². The Morgan fingerprint density at radius 2 is 1.33 bits per heavy atom. The van der Waals surface area contributed by atoms with E-state index < -0.39 is 0 Å². The van der Waals surface area contributed by atoms with Gasteiger partial charge in [-0.1, -0.05) is 124 Å². The predicted octanol–water partition coefficient (Wildman–Crippen LogP) is 8.52. The number of unbranched alkanes of at least 4 members (excludes halogenated alkanes) is 3. The number of hydrogen-bond acceptors (Lipinski definition) is 2. The molecule has 0 spiro atoms. The average Bonchev–Trinajstić information content (AvgIpc) is 3.27. The lowest BCUT2D eigenvalue weighted by Crippen LogP contribution is -2.26. The number of hydrogen-bond donors (Lipinski definition) is 0. The van der Waals surface area contributed by atoms with Crippen LogP contribution in [0.3, 0.4) is 0 Å². The van der Waals surface area contributed by atoms with E-state index in [4.69, 9.17) is 4.98 Å². The molecule has 0 radical (unpaired) electrons. The van der Waals surface area contributed by atoms with Gasteiger partial charge in [0.2, 0.25) is 0 Å². The number of rotatable bonds is 13. The summed E-state index contributed by atoms with van der Waals surface area (Å²) in [7, 11) is 0. The lowest BCUT2D eigenvalue weighted by atomic mass is 10.1. The van der Waals surface area contributed by atoms with Crippen molar-refractivity contribution in [3.05, 3.63) is 102 Å². The molecule has 0 aliphatic heterocycles. The first-order valence-electron chi connectivity index (χ1n) is 13.7. The van der Waals surface area contributed by atoms with Crippen LogP contribution < -0.4 is 0 Å². The van der Waals surface area contributed by atoms with Crippen molar-refractivity contribution in [2.24, 2.45) is 0 Å². The summed E-state index contributed by atoms with van der Waals surface area (Å²) in [5.41, 5.74) is 7.53. The fourth-order valence-corrected chi connectivity index (χ4v) is 4.80. The lowest BCUT2D eigenvalue weighted by molar-refractivity contribution is 0.246. The fraction of sp³-hybridized carbons (Fsp3) is 0.364. The van der Waals surface area contributed by atoms with Gasteiger partial charge in [0.25, 0.3) is 0 Å². The number of imidazole rings is 1. The van der Waals surface area contributed by atoms with Crippen LogP contribution in [0, 0.1) is 6.92 Å². The summed E-state index contributed by atoms with van der Waals surface area (Å²) in [6.45, 7) is 10.6. The molecule has 188 valence electrons. The van der Waals surface area contributed by atoms with Crippen LogP contribution in [-0.4, -0.2) is 21.0 Å². The summed E-state index contributed by atoms with van der Waals surface area (Å²) in [6.07, 6.45) is 6.01. The Morgan fingerprint density at radius 3 is 1.97 bits per heavy atom. The van der Waals surface area contributed by atoms with E-state index >= 15 is 0 Å². The largest absolute Gasteiger partial charge is 0.326 e. The van der Waals surface area contributed by atoms with E-state index in [1.54, 1.807) is 0 Å². The maximum absolute atomic E-state index is 5.32. The topological polar surface area (TPSA) is 21.1 Å². The Hall–Kier alpha value is -3.17. The highest BCUT2D eigenvalue weighted by molar-refractivity contribution is 5.68. The third-order valence-corrected chi connectivity index (χ3v) is 6.87. The zero-order valence-corrected chi connectivity index (χ0v) is 22.3. The van der Waals surface area contributed by atoms with E-state index in [1.807, 2.05) is 0 Å². The van der Waals surface area contributed by atoms with Crippen LogP contribution in [0.25, 0.3) is 22.6 Å². The predicted molar refractivity (Wildman–Crippen MR) is 153 cm³/mol. The van der Waals surface area contributed by atoms with Crippen LogP contribution >= 0.6 is 0 Å². The van der Waals surface area contributed by atoms with Crippen LogP contribution in [0.15, 0.2) is 84.9 Å². The van der Waals surface area contributed by atoms with Crippen molar-refractivity contribution in [1.29, 1.82) is 0 Å². The molecule has 0 N–H and O–H groups in total. The molecule has 0 saturated heterocycles. The third kappa shape index (κ3) is 6.73. The molecule has 0 fully saturated rings. The summed E-state index contributed by atoms with van der Waals surface area (Å²) < 4.78 is 2.52. The minimum Gasteiger partial charge on any atom is -0.326 e. The van der Waals surface area contributed by atoms with Gasteiger partial charge in [0.05, 0.1) is 11.4 Å². The summed E-state index contributed by atoms with van der Waals surface area (Å²) in [6, 6.07) is 30.5. The second-order valence-corrected chi connectivity index (χ2v) is 9.87. The standard InChI is InChI=1S/C33H41N3/c1-4-6-14-24-36-31(26-35(23-7-5-2)25-28-21-19-27(3)20-22-28)32(29-15-10-8-11-16-29)34-33(36)30-17-12-9-13-18-30/h8-13,15-22H,4-7,14,23-26H2,1-3H3. The molecule has 1 aromatic heterocycles. The van der Waals surface area contributed by atoms with Gasteiger partial charge in [-0.25, -0.2) is 4.98 Å². The first-order chi connectivity index (χ1) is 17.7. The second-order valence-electron chi connectivity index (χ2n) is 9.87.